The van der Waals surface area contributed by atoms with Crippen LogP contribution in [0.5, 0.6) is 0 Å². The van der Waals surface area contributed by atoms with Gasteiger partial charge in [0.2, 0.25) is 11.8 Å². The Labute approximate surface area is 88.7 Å². The molecular weight excluding hydrogens is 216 g/mol. The maximum Gasteiger partial charge on any atom is 0.294 e. The molecule has 7 nitrogen and oxygen atoms in total. The lowest BCUT2D eigenvalue weighted by Crippen LogP contribution is -2.13. The summed E-state index contributed by atoms with van der Waals surface area (Å²) in [5, 5.41) is 10.9. The monoisotopic (exact) mass is 224 g/mol. The van der Waals surface area contributed by atoms with Crippen LogP contribution in [-0.2, 0) is 0 Å². The molecule has 0 aliphatic carbocycles. The molecule has 1 amide bonds. The summed E-state index contributed by atoms with van der Waals surface area (Å²) < 4.78 is 0. The Hall–Kier alpha value is -1.96. The number of nitrogen functional groups attached to an aromatic ring is 1. The van der Waals surface area contributed by atoms with E-state index in [1.165, 1.54) is 11.3 Å². The Balaban J connectivity index is 2.10. The van der Waals surface area contributed by atoms with Crippen molar-refractivity contribution in [2.75, 3.05) is 11.1 Å². The molecule has 4 N–H and O–H groups in total. The van der Waals surface area contributed by atoms with E-state index in [9.17, 15) is 4.79 Å². The molecule has 15 heavy (non-hydrogen) atoms. The topological polar surface area (TPSA) is 110 Å². The van der Waals surface area contributed by atoms with Gasteiger partial charge in [0.15, 0.2) is 5.13 Å². The maximum atomic E-state index is 11.5. The van der Waals surface area contributed by atoms with Gasteiger partial charge in [0.25, 0.3) is 5.91 Å². The van der Waals surface area contributed by atoms with E-state index in [1.54, 1.807) is 0 Å². The highest BCUT2D eigenvalue weighted by Gasteiger charge is 2.12. The lowest BCUT2D eigenvalue weighted by Gasteiger charge is -1.95. The predicted molar refractivity (Wildman–Crippen MR) is 55.6 cm³/mol. The number of nitrogens with one attached hydrogen (secondary N) is 2. The summed E-state index contributed by atoms with van der Waals surface area (Å²) in [5.74, 6) is -0.302. The van der Waals surface area contributed by atoms with Crippen LogP contribution >= 0.6 is 11.3 Å². The standard InChI is InChI=1S/C7H8N6OS/c1-3-2-15-7(9-3)11-5(14)4-10-6(8)13-12-4/h2H,1H3,(H,9,11,14)(H3,8,10,12,13). The quantitative estimate of drug-likeness (QED) is 0.684. The molecule has 0 bridgehead atoms. The number of aromatic nitrogens is 4. The molecular formula is C7H8N6OS. The van der Waals surface area contributed by atoms with Crippen molar-refractivity contribution in [3.8, 4) is 0 Å². The lowest BCUT2D eigenvalue weighted by atomic mass is 10.5. The van der Waals surface area contributed by atoms with Gasteiger partial charge in [0.05, 0.1) is 5.69 Å². The first-order chi connectivity index (χ1) is 7.15. The van der Waals surface area contributed by atoms with Crippen LogP contribution in [0.1, 0.15) is 16.3 Å². The van der Waals surface area contributed by atoms with Crippen molar-refractivity contribution < 1.29 is 4.79 Å². The van der Waals surface area contributed by atoms with Crippen LogP contribution in [0.2, 0.25) is 0 Å². The van der Waals surface area contributed by atoms with Gasteiger partial charge in [0, 0.05) is 5.38 Å². The molecule has 0 aliphatic heterocycles. The number of hydrogen-bond donors (Lipinski definition) is 3. The third-order valence-electron chi connectivity index (χ3n) is 1.56. The second kappa shape index (κ2) is 3.65. The maximum absolute atomic E-state index is 11.5. The molecule has 2 rings (SSSR count). The molecule has 0 radical (unpaired) electrons. The van der Waals surface area contributed by atoms with Gasteiger partial charge in [-0.15, -0.1) is 16.4 Å². The number of carbonyl (C=O) groups is 1. The Morgan fingerprint density at radius 3 is 2.93 bits per heavy atom. The molecule has 0 saturated carbocycles. The number of aryl methyl sites for hydroxylation is 1. The van der Waals surface area contributed by atoms with Gasteiger partial charge in [-0.1, -0.05) is 0 Å². The number of rotatable bonds is 2. The van der Waals surface area contributed by atoms with Crippen LogP contribution in [0.25, 0.3) is 0 Å². The predicted octanol–water partition coefficient (Wildman–Crippen LogP) is 0.404. The van der Waals surface area contributed by atoms with E-state index in [2.05, 4.69) is 25.5 Å². The number of H-pyrrole nitrogens is 1. The molecule has 0 saturated heterocycles. The number of carbonyl (C=O) groups excluding carboxylic acids is 1. The number of hydrogen-bond acceptors (Lipinski definition) is 6. The van der Waals surface area contributed by atoms with Gasteiger partial charge in [-0.25, -0.2) is 4.98 Å². The number of nitrogens with zero attached hydrogens (tertiary/aromatic N) is 3. The lowest BCUT2D eigenvalue weighted by molar-refractivity contribution is 0.101. The molecule has 0 unspecified atom stereocenters. The van der Waals surface area contributed by atoms with Crippen LogP contribution in [0.15, 0.2) is 5.38 Å². The van der Waals surface area contributed by atoms with Crippen LogP contribution < -0.4 is 11.1 Å². The SMILES string of the molecule is Cc1csc(NC(=O)c2nc(N)n[nH]2)n1. The van der Waals surface area contributed by atoms with Crippen molar-refractivity contribution in [2.24, 2.45) is 0 Å². The van der Waals surface area contributed by atoms with E-state index < -0.39 is 5.91 Å². The summed E-state index contributed by atoms with van der Waals surface area (Å²) in [7, 11) is 0. The van der Waals surface area contributed by atoms with Gasteiger partial charge < -0.3 is 5.73 Å². The highest BCUT2D eigenvalue weighted by molar-refractivity contribution is 7.13. The van der Waals surface area contributed by atoms with Gasteiger partial charge in [-0.3, -0.25) is 15.2 Å². The minimum Gasteiger partial charge on any atom is -0.366 e. The van der Waals surface area contributed by atoms with Crippen molar-refractivity contribution in [1.29, 1.82) is 0 Å². The normalized spacial score (nSPS) is 10.2. The molecule has 78 valence electrons. The molecule has 0 atom stereocenters. The molecule has 0 aromatic carbocycles. The van der Waals surface area contributed by atoms with Crippen LogP contribution in [0, 0.1) is 6.92 Å². The fourth-order valence-corrected chi connectivity index (χ4v) is 1.63. The molecule has 0 aliphatic rings. The minimum atomic E-state index is -0.409. The summed E-state index contributed by atoms with van der Waals surface area (Å²) in [4.78, 5) is 19.3. The number of amides is 1. The Morgan fingerprint density at radius 2 is 2.40 bits per heavy atom. The molecule has 8 heteroatoms. The third kappa shape index (κ3) is 2.10. The van der Waals surface area contributed by atoms with E-state index in [0.29, 0.717) is 5.13 Å². The van der Waals surface area contributed by atoms with E-state index in [0.717, 1.165) is 5.69 Å². The second-order valence-electron chi connectivity index (χ2n) is 2.79. The van der Waals surface area contributed by atoms with Gasteiger partial charge in [-0.2, -0.15) is 4.98 Å². The largest absolute Gasteiger partial charge is 0.366 e. The number of anilines is 2. The molecule has 2 aromatic heterocycles. The fraction of sp³-hybridized carbons (Fsp3) is 0.143. The van der Waals surface area contributed by atoms with E-state index in [-0.39, 0.29) is 11.8 Å². The number of aromatic amines is 1. The second-order valence-corrected chi connectivity index (χ2v) is 3.65. The third-order valence-corrected chi connectivity index (χ3v) is 2.43. The first-order valence-electron chi connectivity index (χ1n) is 4.06. The van der Waals surface area contributed by atoms with Crippen molar-refractivity contribution in [3.05, 3.63) is 16.9 Å². The summed E-state index contributed by atoms with van der Waals surface area (Å²) in [6.45, 7) is 1.85. The van der Waals surface area contributed by atoms with Crippen molar-refractivity contribution in [1.82, 2.24) is 20.2 Å². The smallest absolute Gasteiger partial charge is 0.294 e. The molecule has 0 spiro atoms. The highest BCUT2D eigenvalue weighted by atomic mass is 32.1. The minimum absolute atomic E-state index is 0.0375. The summed E-state index contributed by atoms with van der Waals surface area (Å²) in [6, 6.07) is 0. The highest BCUT2D eigenvalue weighted by Crippen LogP contribution is 2.14. The molecule has 2 heterocycles. The van der Waals surface area contributed by atoms with Gasteiger partial charge >= 0.3 is 0 Å². The van der Waals surface area contributed by atoms with Crippen LogP contribution in [0.3, 0.4) is 0 Å². The van der Waals surface area contributed by atoms with Crippen molar-refractivity contribution in [2.45, 2.75) is 6.92 Å². The van der Waals surface area contributed by atoms with E-state index in [1.807, 2.05) is 12.3 Å². The summed E-state index contributed by atoms with van der Waals surface area (Å²) in [6.07, 6.45) is 0. The molecule has 0 fully saturated rings. The van der Waals surface area contributed by atoms with Gasteiger partial charge in [-0.05, 0) is 6.92 Å². The number of thiazole rings is 1. The van der Waals surface area contributed by atoms with Crippen molar-refractivity contribution in [3.63, 3.8) is 0 Å². The zero-order chi connectivity index (χ0) is 10.8. The first kappa shape index (κ1) is 9.59. The average molecular weight is 224 g/mol. The fourth-order valence-electron chi connectivity index (χ4n) is 0.944. The van der Waals surface area contributed by atoms with Crippen LogP contribution in [-0.4, -0.2) is 26.1 Å². The van der Waals surface area contributed by atoms with Crippen LogP contribution in [0.4, 0.5) is 11.1 Å². The Morgan fingerprint density at radius 1 is 1.60 bits per heavy atom. The number of nitrogens with two attached hydrogens (primary N) is 1. The Kier molecular flexibility index (Phi) is 2.34. The summed E-state index contributed by atoms with van der Waals surface area (Å²) >= 11 is 1.34. The zero-order valence-electron chi connectivity index (χ0n) is 7.81. The molecule has 2 aromatic rings. The Bertz CT molecular complexity index is 489. The van der Waals surface area contributed by atoms with E-state index in [4.69, 9.17) is 5.73 Å². The van der Waals surface area contributed by atoms with Crippen molar-refractivity contribution >= 4 is 28.3 Å². The zero-order valence-corrected chi connectivity index (χ0v) is 8.63. The van der Waals surface area contributed by atoms with Gasteiger partial charge in [0.1, 0.15) is 0 Å². The van der Waals surface area contributed by atoms with E-state index >= 15 is 0 Å². The summed E-state index contributed by atoms with van der Waals surface area (Å²) in [5.41, 5.74) is 6.12. The average Bonchev–Trinajstić information content (AvgIpc) is 2.75. The first-order valence-corrected chi connectivity index (χ1v) is 4.94.